The third-order valence-electron chi connectivity index (χ3n) is 2.46. The smallest absolute Gasteiger partial charge is 0.144 e. The molecule has 0 aliphatic carbocycles. The molecular formula is C10H14BrN3OS. The van der Waals surface area contributed by atoms with Crippen LogP contribution in [0.3, 0.4) is 0 Å². The Morgan fingerprint density at radius 3 is 3.00 bits per heavy atom. The molecule has 0 spiro atoms. The first-order valence-corrected chi connectivity index (χ1v) is 6.99. The molecule has 1 unspecified atom stereocenters. The van der Waals surface area contributed by atoms with Crippen LogP contribution in [0.1, 0.15) is 29.6 Å². The van der Waals surface area contributed by atoms with Crippen LogP contribution in [0.4, 0.5) is 5.82 Å². The van der Waals surface area contributed by atoms with Crippen LogP contribution in [0.2, 0.25) is 0 Å². The quantitative estimate of drug-likeness (QED) is 0.930. The number of halogens is 1. The molecule has 0 saturated carbocycles. The Hall–Kier alpha value is -0.330. The SMILES string of the molecule is COCc1nc(C2CCCS2)nc(N)c1Br. The van der Waals surface area contributed by atoms with E-state index in [1.807, 2.05) is 11.8 Å². The van der Waals surface area contributed by atoms with E-state index in [4.69, 9.17) is 10.5 Å². The maximum absolute atomic E-state index is 5.86. The number of nitrogen functional groups attached to an aromatic ring is 1. The molecule has 1 saturated heterocycles. The molecule has 2 N–H and O–H groups in total. The van der Waals surface area contributed by atoms with E-state index < -0.39 is 0 Å². The summed E-state index contributed by atoms with van der Waals surface area (Å²) in [5, 5.41) is 0.394. The van der Waals surface area contributed by atoms with Crippen molar-refractivity contribution in [2.75, 3.05) is 18.6 Å². The van der Waals surface area contributed by atoms with Gasteiger partial charge >= 0.3 is 0 Å². The van der Waals surface area contributed by atoms with Gasteiger partial charge in [-0.2, -0.15) is 11.8 Å². The van der Waals surface area contributed by atoms with Gasteiger partial charge in [0.1, 0.15) is 11.6 Å². The molecule has 2 rings (SSSR count). The molecule has 0 bridgehead atoms. The van der Waals surface area contributed by atoms with Crippen molar-refractivity contribution >= 4 is 33.5 Å². The van der Waals surface area contributed by atoms with Crippen LogP contribution in [0, 0.1) is 0 Å². The number of hydrogen-bond donors (Lipinski definition) is 1. The standard InChI is InChI=1S/C10H14BrN3OS/c1-15-5-6-8(11)9(12)14-10(13-6)7-3-2-4-16-7/h7H,2-5H2,1H3,(H2,12,13,14). The Bertz CT molecular complexity index is 383. The molecule has 1 fully saturated rings. The van der Waals surface area contributed by atoms with Crippen LogP contribution in [-0.4, -0.2) is 22.8 Å². The molecule has 0 radical (unpaired) electrons. The fourth-order valence-corrected chi connectivity index (χ4v) is 3.19. The van der Waals surface area contributed by atoms with Crippen molar-refractivity contribution in [3.8, 4) is 0 Å². The first kappa shape index (κ1) is 12.1. The van der Waals surface area contributed by atoms with E-state index in [9.17, 15) is 0 Å². The lowest BCUT2D eigenvalue weighted by Crippen LogP contribution is -2.07. The van der Waals surface area contributed by atoms with Crippen molar-refractivity contribution in [3.63, 3.8) is 0 Å². The van der Waals surface area contributed by atoms with Crippen molar-refractivity contribution in [2.24, 2.45) is 0 Å². The summed E-state index contributed by atoms with van der Waals surface area (Å²) in [5.74, 6) is 2.53. The maximum atomic E-state index is 5.86. The van der Waals surface area contributed by atoms with Crippen LogP contribution >= 0.6 is 27.7 Å². The van der Waals surface area contributed by atoms with E-state index in [0.717, 1.165) is 22.4 Å². The third-order valence-corrected chi connectivity index (χ3v) is 4.70. The molecule has 1 aliphatic rings. The molecule has 6 heteroatoms. The van der Waals surface area contributed by atoms with Gasteiger partial charge in [-0.05, 0) is 34.5 Å². The minimum Gasteiger partial charge on any atom is -0.383 e. The molecule has 0 aromatic carbocycles. The highest BCUT2D eigenvalue weighted by Gasteiger charge is 2.22. The Morgan fingerprint density at radius 1 is 1.56 bits per heavy atom. The molecule has 0 amide bonds. The van der Waals surface area contributed by atoms with Crippen molar-refractivity contribution in [1.82, 2.24) is 9.97 Å². The van der Waals surface area contributed by atoms with Gasteiger partial charge in [0, 0.05) is 7.11 Å². The fraction of sp³-hybridized carbons (Fsp3) is 0.600. The Kier molecular flexibility index (Phi) is 4.05. The number of rotatable bonds is 3. The Morgan fingerprint density at radius 2 is 2.38 bits per heavy atom. The zero-order valence-corrected chi connectivity index (χ0v) is 11.5. The maximum Gasteiger partial charge on any atom is 0.144 e. The van der Waals surface area contributed by atoms with Gasteiger partial charge in [-0.25, -0.2) is 9.97 Å². The molecule has 16 heavy (non-hydrogen) atoms. The predicted octanol–water partition coefficient (Wildman–Crippen LogP) is 2.54. The van der Waals surface area contributed by atoms with Gasteiger partial charge in [-0.15, -0.1) is 0 Å². The Labute approximate surface area is 107 Å². The molecule has 88 valence electrons. The minimum atomic E-state index is 0.394. The van der Waals surface area contributed by atoms with Crippen molar-refractivity contribution in [2.45, 2.75) is 24.7 Å². The van der Waals surface area contributed by atoms with Gasteiger partial charge in [0.2, 0.25) is 0 Å². The lowest BCUT2D eigenvalue weighted by molar-refractivity contribution is 0.180. The number of nitrogens with zero attached hydrogens (tertiary/aromatic N) is 2. The first-order chi connectivity index (χ1) is 7.72. The van der Waals surface area contributed by atoms with E-state index in [1.54, 1.807) is 7.11 Å². The second-order valence-electron chi connectivity index (χ2n) is 3.66. The van der Waals surface area contributed by atoms with Crippen molar-refractivity contribution in [1.29, 1.82) is 0 Å². The molecule has 1 atom stereocenters. The Balaban J connectivity index is 2.31. The molecule has 1 aliphatic heterocycles. The van der Waals surface area contributed by atoms with Crippen LogP contribution in [0.15, 0.2) is 4.47 Å². The first-order valence-electron chi connectivity index (χ1n) is 5.14. The average Bonchev–Trinajstić information content (AvgIpc) is 2.78. The molecule has 2 heterocycles. The number of thioether (sulfide) groups is 1. The summed E-state index contributed by atoms with van der Waals surface area (Å²) < 4.78 is 5.85. The molecule has 1 aromatic rings. The second kappa shape index (κ2) is 5.33. The number of hydrogen-bond acceptors (Lipinski definition) is 5. The van der Waals surface area contributed by atoms with E-state index in [-0.39, 0.29) is 0 Å². The highest BCUT2D eigenvalue weighted by Crippen LogP contribution is 2.39. The zero-order valence-electron chi connectivity index (χ0n) is 9.07. The van der Waals surface area contributed by atoms with Crippen LogP contribution in [0.25, 0.3) is 0 Å². The molecule has 1 aromatic heterocycles. The lowest BCUT2D eigenvalue weighted by atomic mass is 10.2. The lowest BCUT2D eigenvalue weighted by Gasteiger charge is -2.11. The highest BCUT2D eigenvalue weighted by atomic mass is 79.9. The summed E-state index contributed by atoms with van der Waals surface area (Å²) in [7, 11) is 1.65. The van der Waals surface area contributed by atoms with E-state index in [2.05, 4.69) is 25.9 Å². The summed E-state index contributed by atoms with van der Waals surface area (Å²) in [6, 6.07) is 0. The summed E-state index contributed by atoms with van der Waals surface area (Å²) in [4.78, 5) is 8.86. The predicted molar refractivity (Wildman–Crippen MR) is 69.3 cm³/mol. The minimum absolute atomic E-state index is 0.394. The normalized spacial score (nSPS) is 20.2. The number of methoxy groups -OCH3 is 1. The summed E-state index contributed by atoms with van der Waals surface area (Å²) in [6.45, 7) is 0.456. The largest absolute Gasteiger partial charge is 0.383 e. The number of aromatic nitrogens is 2. The topological polar surface area (TPSA) is 61.0 Å². The van der Waals surface area contributed by atoms with Crippen LogP contribution in [-0.2, 0) is 11.3 Å². The summed E-state index contributed by atoms with van der Waals surface area (Å²) in [6.07, 6.45) is 2.37. The monoisotopic (exact) mass is 303 g/mol. The van der Waals surface area contributed by atoms with E-state index >= 15 is 0 Å². The highest BCUT2D eigenvalue weighted by molar-refractivity contribution is 9.10. The van der Waals surface area contributed by atoms with E-state index in [1.165, 1.54) is 12.2 Å². The molecular weight excluding hydrogens is 290 g/mol. The van der Waals surface area contributed by atoms with Gasteiger partial charge in [0.05, 0.1) is 22.0 Å². The van der Waals surface area contributed by atoms with Crippen LogP contribution in [0.5, 0.6) is 0 Å². The van der Waals surface area contributed by atoms with Gasteiger partial charge < -0.3 is 10.5 Å². The average molecular weight is 304 g/mol. The van der Waals surface area contributed by atoms with Gasteiger partial charge in [-0.1, -0.05) is 0 Å². The van der Waals surface area contributed by atoms with Crippen LogP contribution < -0.4 is 5.73 Å². The van der Waals surface area contributed by atoms with Crippen molar-refractivity contribution in [3.05, 3.63) is 16.0 Å². The second-order valence-corrected chi connectivity index (χ2v) is 5.77. The number of anilines is 1. The number of ether oxygens (including phenoxy) is 1. The van der Waals surface area contributed by atoms with Gasteiger partial charge in [0.15, 0.2) is 0 Å². The zero-order chi connectivity index (χ0) is 11.5. The van der Waals surface area contributed by atoms with Crippen molar-refractivity contribution < 1.29 is 4.74 Å². The van der Waals surface area contributed by atoms with Gasteiger partial charge in [-0.3, -0.25) is 0 Å². The third kappa shape index (κ3) is 2.49. The van der Waals surface area contributed by atoms with E-state index in [0.29, 0.717) is 17.7 Å². The molecule has 4 nitrogen and oxygen atoms in total. The van der Waals surface area contributed by atoms with Gasteiger partial charge in [0.25, 0.3) is 0 Å². The summed E-state index contributed by atoms with van der Waals surface area (Å²) >= 11 is 5.29. The fourth-order valence-electron chi connectivity index (χ4n) is 1.69. The number of nitrogens with two attached hydrogens (primary N) is 1. The summed E-state index contributed by atoms with van der Waals surface area (Å²) in [5.41, 5.74) is 6.69.